The lowest BCUT2D eigenvalue weighted by Gasteiger charge is -2.23. The molecule has 0 aromatic heterocycles. The molecule has 12 heteroatoms. The Labute approximate surface area is 173 Å². The number of anilines is 1. The van der Waals surface area contributed by atoms with Crippen LogP contribution in [0.15, 0.2) is 47.6 Å². The Bertz CT molecular complexity index is 1070. The van der Waals surface area contributed by atoms with Crippen LogP contribution in [-0.2, 0) is 14.8 Å². The summed E-state index contributed by atoms with van der Waals surface area (Å²) in [6.45, 7) is -0.575. The van der Waals surface area contributed by atoms with E-state index in [2.05, 4.69) is 10.5 Å². The van der Waals surface area contributed by atoms with Crippen LogP contribution in [0.25, 0.3) is 0 Å². The molecule has 0 bridgehead atoms. The monoisotopic (exact) mass is 436 g/mol. The van der Waals surface area contributed by atoms with Crippen molar-refractivity contribution >= 4 is 33.5 Å². The van der Waals surface area contributed by atoms with Gasteiger partial charge in [0.1, 0.15) is 18.0 Å². The van der Waals surface area contributed by atoms with Crippen molar-refractivity contribution in [1.82, 2.24) is 5.43 Å². The predicted molar refractivity (Wildman–Crippen MR) is 111 cm³/mol. The highest BCUT2D eigenvalue weighted by atomic mass is 32.2. The standard InChI is InChI=1S/C18H20N4O7S/c1-28-15-7-8-17(29-2)16(10-15)21(30(3,26)27)12-18(23)20-19-11-13-5-4-6-14(9-13)22(24)25/h4-11H,12H2,1-3H3,(H,20,23)/b19-11+. The summed E-state index contributed by atoms with van der Waals surface area (Å²) in [6.07, 6.45) is 2.16. The Kier molecular flexibility index (Phi) is 7.31. The molecule has 0 saturated carbocycles. The maximum atomic E-state index is 12.3. The molecule has 0 radical (unpaired) electrons. The molecule has 0 aliphatic heterocycles. The number of nitrogens with one attached hydrogen (secondary N) is 1. The maximum Gasteiger partial charge on any atom is 0.270 e. The number of nitro benzene ring substituents is 1. The van der Waals surface area contributed by atoms with Crippen molar-refractivity contribution in [2.24, 2.45) is 5.10 Å². The molecule has 0 atom stereocenters. The third-order valence-electron chi connectivity index (χ3n) is 3.83. The number of non-ortho nitro benzene ring substituents is 1. The average molecular weight is 436 g/mol. The number of hydrogen-bond acceptors (Lipinski definition) is 8. The first kappa shape index (κ1) is 22.6. The first-order valence-electron chi connectivity index (χ1n) is 8.42. The second kappa shape index (κ2) is 9.69. The number of benzene rings is 2. The lowest BCUT2D eigenvalue weighted by molar-refractivity contribution is -0.384. The van der Waals surface area contributed by atoms with Gasteiger partial charge in [0.2, 0.25) is 10.0 Å². The van der Waals surface area contributed by atoms with E-state index in [9.17, 15) is 23.3 Å². The van der Waals surface area contributed by atoms with Crippen LogP contribution in [0, 0.1) is 10.1 Å². The number of carbonyl (C=O) groups is 1. The number of hydrogen-bond donors (Lipinski definition) is 1. The van der Waals surface area contributed by atoms with Gasteiger partial charge in [-0.25, -0.2) is 13.8 Å². The average Bonchev–Trinajstić information content (AvgIpc) is 2.71. The van der Waals surface area contributed by atoms with E-state index in [-0.39, 0.29) is 17.1 Å². The minimum atomic E-state index is -3.85. The van der Waals surface area contributed by atoms with Gasteiger partial charge in [-0.05, 0) is 12.1 Å². The number of nitrogens with zero attached hydrogens (tertiary/aromatic N) is 3. The predicted octanol–water partition coefficient (Wildman–Crippen LogP) is 1.53. The number of sulfonamides is 1. The zero-order chi connectivity index (χ0) is 22.3. The van der Waals surface area contributed by atoms with E-state index in [1.807, 2.05) is 0 Å². The number of nitro groups is 1. The first-order valence-corrected chi connectivity index (χ1v) is 10.3. The van der Waals surface area contributed by atoms with Crippen molar-refractivity contribution in [1.29, 1.82) is 0 Å². The quantitative estimate of drug-likeness (QED) is 0.357. The van der Waals surface area contributed by atoms with Gasteiger partial charge >= 0.3 is 0 Å². The molecule has 160 valence electrons. The molecule has 1 amide bonds. The molecule has 0 fully saturated rings. The Morgan fingerprint density at radius 1 is 1.23 bits per heavy atom. The zero-order valence-corrected chi connectivity index (χ0v) is 17.3. The second-order valence-electron chi connectivity index (χ2n) is 5.95. The number of hydrazone groups is 1. The van der Waals surface area contributed by atoms with E-state index in [0.29, 0.717) is 11.3 Å². The van der Waals surface area contributed by atoms with Crippen molar-refractivity contribution in [2.45, 2.75) is 0 Å². The number of amides is 1. The normalized spacial score (nSPS) is 11.2. The van der Waals surface area contributed by atoms with Crippen LogP contribution in [0.5, 0.6) is 11.5 Å². The third kappa shape index (κ3) is 5.91. The molecule has 0 heterocycles. The topological polar surface area (TPSA) is 140 Å². The van der Waals surface area contributed by atoms with E-state index in [1.165, 1.54) is 50.8 Å². The summed E-state index contributed by atoms with van der Waals surface area (Å²) < 4.78 is 35.7. The minimum Gasteiger partial charge on any atom is -0.497 e. The fourth-order valence-corrected chi connectivity index (χ4v) is 3.29. The van der Waals surface area contributed by atoms with Gasteiger partial charge in [0.25, 0.3) is 11.6 Å². The van der Waals surface area contributed by atoms with Crippen LogP contribution in [0.1, 0.15) is 5.56 Å². The molecule has 0 spiro atoms. The van der Waals surface area contributed by atoms with Gasteiger partial charge in [0.15, 0.2) is 0 Å². The molecule has 0 aliphatic carbocycles. The van der Waals surface area contributed by atoms with Gasteiger partial charge in [-0.2, -0.15) is 5.10 Å². The first-order chi connectivity index (χ1) is 14.2. The Morgan fingerprint density at radius 2 is 1.97 bits per heavy atom. The summed E-state index contributed by atoms with van der Waals surface area (Å²) in [5, 5.41) is 14.5. The highest BCUT2D eigenvalue weighted by Crippen LogP contribution is 2.33. The van der Waals surface area contributed by atoms with E-state index >= 15 is 0 Å². The molecule has 30 heavy (non-hydrogen) atoms. The van der Waals surface area contributed by atoms with E-state index in [1.54, 1.807) is 12.1 Å². The van der Waals surface area contributed by atoms with Crippen LogP contribution < -0.4 is 19.2 Å². The molecule has 0 aliphatic rings. The highest BCUT2D eigenvalue weighted by molar-refractivity contribution is 7.92. The van der Waals surface area contributed by atoms with Gasteiger partial charge in [-0.15, -0.1) is 0 Å². The SMILES string of the molecule is COc1ccc(OC)c(N(CC(=O)N/N=C/c2cccc([N+](=O)[O-])c2)S(C)(=O)=O)c1. The number of rotatable bonds is 9. The summed E-state index contributed by atoms with van der Waals surface area (Å²) in [6, 6.07) is 10.2. The fraction of sp³-hybridized carbons (Fsp3) is 0.222. The van der Waals surface area contributed by atoms with Crippen molar-refractivity contribution in [3.63, 3.8) is 0 Å². The van der Waals surface area contributed by atoms with E-state index in [4.69, 9.17) is 9.47 Å². The Balaban J connectivity index is 2.19. The zero-order valence-electron chi connectivity index (χ0n) is 16.4. The molecule has 0 unspecified atom stereocenters. The summed E-state index contributed by atoms with van der Waals surface area (Å²) >= 11 is 0. The Morgan fingerprint density at radius 3 is 2.57 bits per heavy atom. The lowest BCUT2D eigenvalue weighted by atomic mass is 10.2. The molecule has 2 aromatic rings. The van der Waals surface area contributed by atoms with Crippen molar-refractivity contribution < 1.29 is 27.6 Å². The molecular weight excluding hydrogens is 416 g/mol. The van der Waals surface area contributed by atoms with Crippen LogP contribution in [0.2, 0.25) is 0 Å². The van der Waals surface area contributed by atoms with Crippen molar-refractivity contribution in [3.05, 3.63) is 58.1 Å². The molecule has 11 nitrogen and oxygen atoms in total. The van der Waals surface area contributed by atoms with E-state index in [0.717, 1.165) is 10.6 Å². The second-order valence-corrected chi connectivity index (χ2v) is 7.86. The number of methoxy groups -OCH3 is 2. The molecular formula is C18H20N4O7S. The fourth-order valence-electron chi connectivity index (χ4n) is 2.44. The summed E-state index contributed by atoms with van der Waals surface area (Å²) in [4.78, 5) is 22.5. The molecule has 2 rings (SSSR count). The number of ether oxygens (including phenoxy) is 2. The molecule has 2 aromatic carbocycles. The van der Waals surface area contributed by atoms with E-state index < -0.39 is 27.4 Å². The smallest absolute Gasteiger partial charge is 0.270 e. The summed E-state index contributed by atoms with van der Waals surface area (Å²) in [5.41, 5.74) is 2.58. The van der Waals surface area contributed by atoms with Crippen LogP contribution in [0.3, 0.4) is 0 Å². The van der Waals surface area contributed by atoms with Crippen molar-refractivity contribution in [3.8, 4) is 11.5 Å². The van der Waals surface area contributed by atoms with Crippen LogP contribution in [0.4, 0.5) is 11.4 Å². The Hall–Kier alpha value is -3.67. The minimum absolute atomic E-state index is 0.122. The third-order valence-corrected chi connectivity index (χ3v) is 4.95. The van der Waals surface area contributed by atoms with Crippen LogP contribution >= 0.6 is 0 Å². The van der Waals surface area contributed by atoms with Gasteiger partial charge < -0.3 is 9.47 Å². The molecule has 1 N–H and O–H groups in total. The highest BCUT2D eigenvalue weighted by Gasteiger charge is 2.24. The van der Waals surface area contributed by atoms with Crippen molar-refractivity contribution in [2.75, 3.05) is 31.3 Å². The summed E-state index contributed by atoms with van der Waals surface area (Å²) in [7, 11) is -1.06. The van der Waals surface area contributed by atoms with Gasteiger partial charge in [-0.1, -0.05) is 12.1 Å². The largest absolute Gasteiger partial charge is 0.497 e. The summed E-state index contributed by atoms with van der Waals surface area (Å²) in [5.74, 6) is -0.121. The van der Waals surface area contributed by atoms with Gasteiger partial charge in [-0.3, -0.25) is 19.2 Å². The van der Waals surface area contributed by atoms with Crippen LogP contribution in [-0.4, -0.2) is 52.5 Å². The maximum absolute atomic E-state index is 12.3. The van der Waals surface area contributed by atoms with Gasteiger partial charge in [0, 0.05) is 23.8 Å². The number of carbonyl (C=O) groups excluding carboxylic acids is 1. The van der Waals surface area contributed by atoms with Gasteiger partial charge in [0.05, 0.1) is 37.3 Å². The molecule has 0 saturated heterocycles. The lowest BCUT2D eigenvalue weighted by Crippen LogP contribution is -2.39.